The van der Waals surface area contributed by atoms with Crippen LogP contribution in [0.2, 0.25) is 5.02 Å². The van der Waals surface area contributed by atoms with Crippen molar-refractivity contribution in [1.82, 2.24) is 4.90 Å². The maximum atomic E-state index is 12.4. The first kappa shape index (κ1) is 16.7. The molecule has 2 aromatic rings. The SMILES string of the molecule is CSN(CC(=O)N(C)Cc1ccccc1)c1ccc(Cl)cc1. The molecule has 2 rings (SSSR count). The van der Waals surface area contributed by atoms with Crippen molar-refractivity contribution in [1.29, 1.82) is 0 Å². The number of rotatable bonds is 6. The van der Waals surface area contributed by atoms with Gasteiger partial charge in [0.2, 0.25) is 5.91 Å². The molecule has 0 fully saturated rings. The Morgan fingerprint density at radius 2 is 1.73 bits per heavy atom. The molecule has 0 N–H and O–H groups in total. The maximum Gasteiger partial charge on any atom is 0.243 e. The summed E-state index contributed by atoms with van der Waals surface area (Å²) in [6.45, 7) is 0.939. The third-order valence-corrected chi connectivity index (χ3v) is 4.33. The first-order valence-electron chi connectivity index (χ1n) is 6.95. The predicted molar refractivity (Wildman–Crippen MR) is 95.2 cm³/mol. The highest BCUT2D eigenvalue weighted by Gasteiger charge is 2.15. The van der Waals surface area contributed by atoms with Crippen LogP contribution in [0.3, 0.4) is 0 Å². The predicted octanol–water partition coefficient (Wildman–Crippen LogP) is 4.08. The van der Waals surface area contributed by atoms with E-state index in [1.165, 1.54) is 11.9 Å². The first-order valence-corrected chi connectivity index (χ1v) is 8.51. The number of likely N-dealkylation sites (N-methyl/N-ethyl adjacent to an activating group) is 1. The second kappa shape index (κ2) is 8.11. The molecule has 0 aliphatic carbocycles. The van der Waals surface area contributed by atoms with Gasteiger partial charge in [-0.25, -0.2) is 0 Å². The van der Waals surface area contributed by atoms with Crippen LogP contribution in [0.5, 0.6) is 0 Å². The summed E-state index contributed by atoms with van der Waals surface area (Å²) in [5, 5.41) is 0.692. The highest BCUT2D eigenvalue weighted by molar-refractivity contribution is 8.00. The highest BCUT2D eigenvalue weighted by atomic mass is 35.5. The summed E-state index contributed by atoms with van der Waals surface area (Å²) >= 11 is 7.43. The van der Waals surface area contributed by atoms with E-state index >= 15 is 0 Å². The first-order chi connectivity index (χ1) is 10.6. The van der Waals surface area contributed by atoms with E-state index in [1.807, 2.05) is 72.2 Å². The zero-order valence-electron chi connectivity index (χ0n) is 12.7. The van der Waals surface area contributed by atoms with Crippen molar-refractivity contribution in [3.8, 4) is 0 Å². The monoisotopic (exact) mass is 334 g/mol. The molecule has 1 amide bonds. The van der Waals surface area contributed by atoms with E-state index in [2.05, 4.69) is 0 Å². The van der Waals surface area contributed by atoms with Gasteiger partial charge in [0.25, 0.3) is 0 Å². The van der Waals surface area contributed by atoms with E-state index in [0.717, 1.165) is 11.3 Å². The van der Waals surface area contributed by atoms with Crippen molar-refractivity contribution in [2.45, 2.75) is 6.54 Å². The van der Waals surface area contributed by atoms with Crippen molar-refractivity contribution in [3.63, 3.8) is 0 Å². The van der Waals surface area contributed by atoms with Crippen LogP contribution in [0.25, 0.3) is 0 Å². The molecule has 0 bridgehead atoms. The maximum absolute atomic E-state index is 12.4. The molecule has 0 saturated heterocycles. The number of anilines is 1. The molecule has 0 heterocycles. The van der Waals surface area contributed by atoms with E-state index in [9.17, 15) is 4.79 Å². The molecule has 0 atom stereocenters. The number of benzene rings is 2. The van der Waals surface area contributed by atoms with Crippen LogP contribution in [0.15, 0.2) is 54.6 Å². The van der Waals surface area contributed by atoms with Gasteiger partial charge in [0.05, 0.1) is 0 Å². The van der Waals surface area contributed by atoms with Crippen LogP contribution in [-0.4, -0.2) is 30.7 Å². The topological polar surface area (TPSA) is 23.6 Å². The van der Waals surface area contributed by atoms with Crippen molar-refractivity contribution >= 4 is 35.1 Å². The van der Waals surface area contributed by atoms with Gasteiger partial charge in [-0.05, 0) is 29.8 Å². The molecular formula is C17H19ClN2OS. The molecule has 0 spiro atoms. The summed E-state index contributed by atoms with van der Waals surface area (Å²) in [4.78, 5) is 14.1. The normalized spacial score (nSPS) is 10.3. The molecule has 0 saturated carbocycles. The lowest BCUT2D eigenvalue weighted by molar-refractivity contribution is -0.128. The van der Waals surface area contributed by atoms with E-state index in [-0.39, 0.29) is 5.91 Å². The lowest BCUT2D eigenvalue weighted by Crippen LogP contribution is -2.35. The summed E-state index contributed by atoms with van der Waals surface area (Å²) in [7, 11) is 1.83. The quantitative estimate of drug-likeness (QED) is 0.744. The minimum Gasteiger partial charge on any atom is -0.340 e. The fraction of sp³-hybridized carbons (Fsp3) is 0.235. The van der Waals surface area contributed by atoms with E-state index in [4.69, 9.17) is 11.6 Å². The zero-order chi connectivity index (χ0) is 15.9. The van der Waals surface area contributed by atoms with Gasteiger partial charge in [-0.3, -0.25) is 4.79 Å². The Labute approximate surface area is 141 Å². The Bertz CT molecular complexity index is 604. The Hall–Kier alpha value is -1.65. The fourth-order valence-electron chi connectivity index (χ4n) is 2.06. The molecule has 0 aliphatic heterocycles. The molecule has 0 radical (unpaired) electrons. The van der Waals surface area contributed by atoms with Crippen LogP contribution in [0, 0.1) is 0 Å². The molecule has 5 heteroatoms. The molecule has 0 aromatic heterocycles. The fourth-order valence-corrected chi connectivity index (χ4v) is 2.76. The van der Waals surface area contributed by atoms with Crippen LogP contribution in [-0.2, 0) is 11.3 Å². The number of amides is 1. The molecule has 3 nitrogen and oxygen atoms in total. The lowest BCUT2D eigenvalue weighted by atomic mass is 10.2. The van der Waals surface area contributed by atoms with Crippen molar-refractivity contribution in [2.24, 2.45) is 0 Å². The minimum absolute atomic E-state index is 0.0770. The molecule has 0 aliphatic rings. The van der Waals surface area contributed by atoms with Crippen molar-refractivity contribution < 1.29 is 4.79 Å². The number of carbonyl (C=O) groups is 1. The number of hydrogen-bond donors (Lipinski definition) is 0. The van der Waals surface area contributed by atoms with Gasteiger partial charge in [0, 0.05) is 30.6 Å². The summed E-state index contributed by atoms with van der Waals surface area (Å²) in [6.07, 6.45) is 1.96. The zero-order valence-corrected chi connectivity index (χ0v) is 14.3. The van der Waals surface area contributed by atoms with E-state index in [0.29, 0.717) is 18.1 Å². The smallest absolute Gasteiger partial charge is 0.243 e. The molecular weight excluding hydrogens is 316 g/mol. The van der Waals surface area contributed by atoms with Gasteiger partial charge in [0.1, 0.15) is 6.54 Å². The molecule has 22 heavy (non-hydrogen) atoms. The third-order valence-electron chi connectivity index (χ3n) is 3.30. The van der Waals surface area contributed by atoms with Crippen LogP contribution < -0.4 is 4.31 Å². The standard InChI is InChI=1S/C17H19ClN2OS/c1-19(12-14-6-4-3-5-7-14)17(21)13-20(22-2)16-10-8-15(18)9-11-16/h3-11H,12-13H2,1-2H3. The van der Waals surface area contributed by atoms with E-state index in [1.54, 1.807) is 4.90 Å². The average Bonchev–Trinajstić information content (AvgIpc) is 2.54. The average molecular weight is 335 g/mol. The number of hydrogen-bond acceptors (Lipinski definition) is 3. The number of halogens is 1. The van der Waals surface area contributed by atoms with E-state index < -0.39 is 0 Å². The summed E-state index contributed by atoms with van der Waals surface area (Å²) in [5.41, 5.74) is 2.10. The Balaban J connectivity index is 1.98. The second-order valence-electron chi connectivity index (χ2n) is 4.93. The highest BCUT2D eigenvalue weighted by Crippen LogP contribution is 2.22. The third kappa shape index (κ3) is 4.68. The summed E-state index contributed by atoms with van der Waals surface area (Å²) in [6, 6.07) is 17.5. The van der Waals surface area contributed by atoms with Crippen LogP contribution in [0.1, 0.15) is 5.56 Å². The summed E-state index contributed by atoms with van der Waals surface area (Å²) < 4.78 is 1.96. The van der Waals surface area contributed by atoms with Gasteiger partial charge in [-0.1, -0.05) is 53.9 Å². The van der Waals surface area contributed by atoms with Crippen molar-refractivity contribution in [2.75, 3.05) is 24.2 Å². The number of nitrogens with zero attached hydrogens (tertiary/aromatic N) is 2. The Morgan fingerprint density at radius 1 is 1.09 bits per heavy atom. The van der Waals surface area contributed by atoms with Crippen molar-refractivity contribution in [3.05, 3.63) is 65.2 Å². The van der Waals surface area contributed by atoms with Crippen LogP contribution >= 0.6 is 23.5 Å². The molecule has 0 unspecified atom stereocenters. The van der Waals surface area contributed by atoms with Gasteiger partial charge in [-0.15, -0.1) is 0 Å². The Kier molecular flexibility index (Phi) is 6.16. The lowest BCUT2D eigenvalue weighted by Gasteiger charge is -2.24. The largest absolute Gasteiger partial charge is 0.340 e. The van der Waals surface area contributed by atoms with Gasteiger partial charge >= 0.3 is 0 Å². The number of carbonyl (C=O) groups excluding carboxylic acids is 1. The van der Waals surface area contributed by atoms with Crippen LogP contribution in [0.4, 0.5) is 5.69 Å². The Morgan fingerprint density at radius 3 is 2.32 bits per heavy atom. The molecule has 116 valence electrons. The minimum atomic E-state index is 0.0770. The summed E-state index contributed by atoms with van der Waals surface area (Å²) in [5.74, 6) is 0.0770. The second-order valence-corrected chi connectivity index (χ2v) is 6.17. The van der Waals surface area contributed by atoms with Gasteiger partial charge < -0.3 is 9.21 Å². The molecule has 2 aromatic carbocycles. The van der Waals surface area contributed by atoms with Gasteiger partial charge in [-0.2, -0.15) is 0 Å². The van der Waals surface area contributed by atoms with Gasteiger partial charge in [0.15, 0.2) is 0 Å².